The molecule has 0 saturated heterocycles. The van der Waals surface area contributed by atoms with Gasteiger partial charge in [-0.1, -0.05) is 20.8 Å². The van der Waals surface area contributed by atoms with Crippen LogP contribution in [0.3, 0.4) is 0 Å². The van der Waals surface area contributed by atoms with Gasteiger partial charge in [0, 0.05) is 30.9 Å². The van der Waals surface area contributed by atoms with Gasteiger partial charge in [-0.05, 0) is 0 Å². The Bertz CT molecular complexity index is 793. The van der Waals surface area contributed by atoms with Crippen LogP contribution in [-0.4, -0.2) is 26.6 Å². The molecule has 0 atom stereocenters. The lowest BCUT2D eigenvalue weighted by atomic mass is 9.95. The largest absolute Gasteiger partial charge is 0.378 e. The molecule has 0 amide bonds. The van der Waals surface area contributed by atoms with Gasteiger partial charge in [0.25, 0.3) is 5.43 Å². The van der Waals surface area contributed by atoms with Crippen molar-refractivity contribution in [2.75, 3.05) is 7.11 Å². The molecule has 2 aromatic heterocycles. The van der Waals surface area contributed by atoms with Crippen LogP contribution in [0, 0.1) is 10.1 Å². The van der Waals surface area contributed by atoms with Gasteiger partial charge < -0.3 is 9.30 Å². The Morgan fingerprint density at radius 1 is 1.35 bits per heavy atom. The molecule has 0 fully saturated rings. The molecule has 0 aliphatic heterocycles. The summed E-state index contributed by atoms with van der Waals surface area (Å²) in [5.41, 5.74) is -0.794. The molecule has 23 heavy (non-hydrogen) atoms. The van der Waals surface area contributed by atoms with E-state index in [1.807, 2.05) is 20.8 Å². The first-order chi connectivity index (χ1) is 10.7. The van der Waals surface area contributed by atoms with Crippen molar-refractivity contribution in [3.8, 4) is 5.82 Å². The fourth-order valence-corrected chi connectivity index (χ4v) is 1.92. The minimum atomic E-state index is -0.708. The van der Waals surface area contributed by atoms with Crippen molar-refractivity contribution in [2.45, 2.75) is 32.8 Å². The van der Waals surface area contributed by atoms with E-state index in [2.05, 4.69) is 9.97 Å². The lowest BCUT2D eigenvalue weighted by Crippen LogP contribution is -2.19. The predicted octanol–water partition coefficient (Wildman–Crippen LogP) is 1.98. The van der Waals surface area contributed by atoms with Crippen LogP contribution in [0.15, 0.2) is 29.3 Å². The molecular formula is C15H18N4O4. The highest BCUT2D eigenvalue weighted by Crippen LogP contribution is 2.21. The molecule has 0 saturated carbocycles. The molecule has 2 aromatic rings. The molecule has 0 spiro atoms. The summed E-state index contributed by atoms with van der Waals surface area (Å²) in [4.78, 5) is 30.7. The molecule has 0 aliphatic rings. The number of hydrogen-bond donors (Lipinski definition) is 0. The summed E-state index contributed by atoms with van der Waals surface area (Å²) >= 11 is 0. The normalized spacial score (nSPS) is 11.5. The quantitative estimate of drug-likeness (QED) is 0.631. The fourth-order valence-electron chi connectivity index (χ4n) is 1.92. The maximum atomic E-state index is 11.5. The van der Waals surface area contributed by atoms with Crippen LogP contribution in [0.25, 0.3) is 5.82 Å². The van der Waals surface area contributed by atoms with E-state index in [-0.39, 0.29) is 5.41 Å². The van der Waals surface area contributed by atoms with Crippen molar-refractivity contribution in [3.05, 3.63) is 56.4 Å². The van der Waals surface area contributed by atoms with Crippen molar-refractivity contribution in [1.82, 2.24) is 14.5 Å². The minimum Gasteiger partial charge on any atom is -0.378 e. The zero-order chi connectivity index (χ0) is 17.2. The summed E-state index contributed by atoms with van der Waals surface area (Å²) in [6, 6.07) is 2.82. The Balaban J connectivity index is 2.63. The second-order valence-electron chi connectivity index (χ2n) is 6.08. The van der Waals surface area contributed by atoms with E-state index < -0.39 is 16.0 Å². The monoisotopic (exact) mass is 318 g/mol. The maximum Gasteiger partial charge on any atom is 0.332 e. The van der Waals surface area contributed by atoms with Crippen LogP contribution in [0.2, 0.25) is 0 Å². The number of aromatic nitrogens is 3. The lowest BCUT2D eigenvalue weighted by Gasteiger charge is -2.19. The predicted molar refractivity (Wildman–Crippen MR) is 83.7 cm³/mol. The van der Waals surface area contributed by atoms with Gasteiger partial charge in [-0.2, -0.15) is 0 Å². The first kappa shape index (κ1) is 16.8. The van der Waals surface area contributed by atoms with Gasteiger partial charge in [0.1, 0.15) is 11.6 Å². The molecule has 0 N–H and O–H groups in total. The van der Waals surface area contributed by atoms with Gasteiger partial charge in [0.05, 0.1) is 23.4 Å². The Labute approximate surface area is 132 Å². The van der Waals surface area contributed by atoms with Crippen LogP contribution >= 0.6 is 0 Å². The SMILES string of the molecule is COCc1cc(-n2ccc(=O)c([N+](=O)[O-])c2)nc(C(C)(C)C)n1. The zero-order valence-electron chi connectivity index (χ0n) is 13.4. The number of nitro groups is 1. The number of pyridine rings is 1. The first-order valence-electron chi connectivity index (χ1n) is 6.97. The van der Waals surface area contributed by atoms with Crippen LogP contribution in [-0.2, 0) is 16.8 Å². The highest BCUT2D eigenvalue weighted by Gasteiger charge is 2.20. The fraction of sp³-hybridized carbons (Fsp3) is 0.400. The Hall–Kier alpha value is -2.61. The topological polar surface area (TPSA) is 100 Å². The molecule has 8 nitrogen and oxygen atoms in total. The standard InChI is InChI=1S/C15H18N4O4/c1-15(2,3)14-16-10(9-23-4)7-13(17-14)18-6-5-12(20)11(8-18)19(21)22/h5-8H,9H2,1-4H3. The molecule has 2 rings (SSSR count). The van der Waals surface area contributed by atoms with Crippen molar-refractivity contribution >= 4 is 5.69 Å². The summed E-state index contributed by atoms with van der Waals surface area (Å²) in [7, 11) is 1.56. The molecule has 0 radical (unpaired) electrons. The highest BCUT2D eigenvalue weighted by molar-refractivity contribution is 5.33. The highest BCUT2D eigenvalue weighted by atomic mass is 16.6. The van der Waals surface area contributed by atoms with Crippen molar-refractivity contribution in [1.29, 1.82) is 0 Å². The van der Waals surface area contributed by atoms with E-state index in [4.69, 9.17) is 4.74 Å². The maximum absolute atomic E-state index is 11.5. The van der Waals surface area contributed by atoms with E-state index in [1.165, 1.54) is 10.8 Å². The van der Waals surface area contributed by atoms with Crippen molar-refractivity contribution < 1.29 is 9.66 Å². The van der Waals surface area contributed by atoms with Gasteiger partial charge in [0.2, 0.25) is 0 Å². The summed E-state index contributed by atoms with van der Waals surface area (Å²) in [5, 5.41) is 10.9. The minimum absolute atomic E-state index is 0.293. The van der Waals surface area contributed by atoms with Crippen molar-refractivity contribution in [3.63, 3.8) is 0 Å². The van der Waals surface area contributed by atoms with E-state index in [0.29, 0.717) is 23.9 Å². The van der Waals surface area contributed by atoms with Gasteiger partial charge in [0.15, 0.2) is 0 Å². The summed E-state index contributed by atoms with van der Waals surface area (Å²) < 4.78 is 6.55. The molecule has 0 aromatic carbocycles. The molecule has 0 aliphatic carbocycles. The van der Waals surface area contributed by atoms with Gasteiger partial charge in [-0.25, -0.2) is 9.97 Å². The van der Waals surface area contributed by atoms with Crippen LogP contribution < -0.4 is 5.43 Å². The van der Waals surface area contributed by atoms with Crippen LogP contribution in [0.4, 0.5) is 5.69 Å². The van der Waals surface area contributed by atoms with Gasteiger partial charge in [-0.3, -0.25) is 14.9 Å². The molecule has 8 heteroatoms. The Morgan fingerprint density at radius 3 is 2.61 bits per heavy atom. The molecule has 122 valence electrons. The summed E-state index contributed by atoms with van der Waals surface area (Å²) in [6.07, 6.45) is 2.61. The van der Waals surface area contributed by atoms with E-state index in [1.54, 1.807) is 13.2 Å². The van der Waals surface area contributed by atoms with Crippen LogP contribution in [0.1, 0.15) is 32.3 Å². The van der Waals surface area contributed by atoms with E-state index >= 15 is 0 Å². The Morgan fingerprint density at radius 2 is 2.04 bits per heavy atom. The third-order valence-corrected chi connectivity index (χ3v) is 3.09. The van der Waals surface area contributed by atoms with Gasteiger partial charge in [-0.15, -0.1) is 0 Å². The lowest BCUT2D eigenvalue weighted by molar-refractivity contribution is -0.386. The Kier molecular flexibility index (Phi) is 4.55. The molecule has 2 heterocycles. The first-order valence-corrected chi connectivity index (χ1v) is 6.97. The average Bonchev–Trinajstić information content (AvgIpc) is 2.46. The number of ether oxygens (including phenoxy) is 1. The smallest absolute Gasteiger partial charge is 0.332 e. The van der Waals surface area contributed by atoms with Crippen LogP contribution in [0.5, 0.6) is 0 Å². The molecule has 0 bridgehead atoms. The third-order valence-electron chi connectivity index (χ3n) is 3.09. The second kappa shape index (κ2) is 6.25. The average molecular weight is 318 g/mol. The van der Waals surface area contributed by atoms with Gasteiger partial charge >= 0.3 is 5.69 Å². The zero-order valence-corrected chi connectivity index (χ0v) is 13.4. The second-order valence-corrected chi connectivity index (χ2v) is 6.08. The molecule has 0 unspecified atom stereocenters. The summed E-state index contributed by atoms with van der Waals surface area (Å²) in [5.74, 6) is 1.03. The van der Waals surface area contributed by atoms with E-state index in [0.717, 1.165) is 12.3 Å². The number of rotatable bonds is 4. The summed E-state index contributed by atoms with van der Waals surface area (Å²) in [6.45, 7) is 6.20. The third kappa shape index (κ3) is 3.78. The van der Waals surface area contributed by atoms with E-state index in [9.17, 15) is 14.9 Å². The number of methoxy groups -OCH3 is 1. The number of hydrogen-bond acceptors (Lipinski definition) is 6. The van der Waals surface area contributed by atoms with Crippen molar-refractivity contribution in [2.24, 2.45) is 0 Å². The molecular weight excluding hydrogens is 300 g/mol. The number of nitrogens with zero attached hydrogens (tertiary/aromatic N) is 4.